The lowest BCUT2D eigenvalue weighted by atomic mass is 10.1. The molecule has 0 aliphatic heterocycles. The van der Waals surface area contributed by atoms with Gasteiger partial charge in [0, 0.05) is 12.4 Å². The molecule has 0 radical (unpaired) electrons. The molecule has 1 unspecified atom stereocenters. The van der Waals surface area contributed by atoms with Gasteiger partial charge in [-0.1, -0.05) is 0 Å². The molecule has 0 amide bonds. The van der Waals surface area contributed by atoms with Crippen LogP contribution in [0.3, 0.4) is 0 Å². The number of carbonyl (C=O) groups is 1. The highest BCUT2D eigenvalue weighted by Crippen LogP contribution is 2.24. The average molecular weight is 221 g/mol. The first kappa shape index (κ1) is 9.98. The number of hydrogen-bond donors (Lipinski definition) is 1. The summed E-state index contributed by atoms with van der Waals surface area (Å²) < 4.78 is 1.93. The fourth-order valence-electron chi connectivity index (χ4n) is 1.58. The standard InChI is InChI=1S/C11H11NO2S/c13-11(14)7-10(9-3-6-15-8-9)12-4-1-2-5-12/h1-6,8,10H,7H2,(H,13,14). The van der Waals surface area contributed by atoms with E-state index in [2.05, 4.69) is 0 Å². The van der Waals surface area contributed by atoms with Gasteiger partial charge in [0.2, 0.25) is 0 Å². The van der Waals surface area contributed by atoms with Gasteiger partial charge >= 0.3 is 5.97 Å². The molecule has 3 nitrogen and oxygen atoms in total. The predicted octanol–water partition coefficient (Wildman–Crippen LogP) is 2.61. The molecule has 15 heavy (non-hydrogen) atoms. The largest absolute Gasteiger partial charge is 0.481 e. The first-order valence-corrected chi connectivity index (χ1v) is 5.58. The molecule has 0 saturated carbocycles. The van der Waals surface area contributed by atoms with Crippen LogP contribution in [0.4, 0.5) is 0 Å². The molecule has 78 valence electrons. The first-order chi connectivity index (χ1) is 7.27. The number of carboxylic acid groups (broad SMARTS) is 1. The van der Waals surface area contributed by atoms with Gasteiger partial charge in [-0.25, -0.2) is 0 Å². The molecular formula is C11H11NO2S. The number of nitrogens with zero attached hydrogens (tertiary/aromatic N) is 1. The minimum atomic E-state index is -0.778. The van der Waals surface area contributed by atoms with Crippen LogP contribution in [0.1, 0.15) is 18.0 Å². The van der Waals surface area contributed by atoms with Gasteiger partial charge in [-0.15, -0.1) is 0 Å². The van der Waals surface area contributed by atoms with E-state index in [0.29, 0.717) is 0 Å². The lowest BCUT2D eigenvalue weighted by Gasteiger charge is -2.15. The molecule has 1 N–H and O–H groups in total. The van der Waals surface area contributed by atoms with Gasteiger partial charge in [0.05, 0.1) is 12.5 Å². The zero-order chi connectivity index (χ0) is 10.7. The van der Waals surface area contributed by atoms with Gasteiger partial charge in [0.1, 0.15) is 0 Å². The molecule has 2 rings (SSSR count). The van der Waals surface area contributed by atoms with E-state index in [1.165, 1.54) is 0 Å². The average Bonchev–Trinajstić information content (AvgIpc) is 2.87. The monoisotopic (exact) mass is 221 g/mol. The number of carboxylic acids is 1. The molecule has 0 aliphatic rings. The summed E-state index contributed by atoms with van der Waals surface area (Å²) in [7, 11) is 0. The Hall–Kier alpha value is -1.55. The van der Waals surface area contributed by atoms with Crippen molar-refractivity contribution in [2.45, 2.75) is 12.5 Å². The fraction of sp³-hybridized carbons (Fsp3) is 0.182. The van der Waals surface area contributed by atoms with Gasteiger partial charge in [-0.3, -0.25) is 4.79 Å². The van der Waals surface area contributed by atoms with Crippen molar-refractivity contribution in [3.63, 3.8) is 0 Å². The quantitative estimate of drug-likeness (QED) is 0.862. The van der Waals surface area contributed by atoms with Gasteiger partial charge in [0.25, 0.3) is 0 Å². The molecule has 2 aromatic rings. The molecule has 1 atom stereocenters. The minimum absolute atomic E-state index is 0.0938. The second-order valence-electron chi connectivity index (χ2n) is 3.30. The highest BCUT2D eigenvalue weighted by atomic mass is 32.1. The van der Waals surface area contributed by atoms with Crippen LogP contribution in [0.25, 0.3) is 0 Å². The van der Waals surface area contributed by atoms with Crippen molar-refractivity contribution in [1.29, 1.82) is 0 Å². The van der Waals surface area contributed by atoms with E-state index in [9.17, 15) is 4.79 Å². The van der Waals surface area contributed by atoms with Crippen LogP contribution >= 0.6 is 11.3 Å². The minimum Gasteiger partial charge on any atom is -0.481 e. The Labute approximate surface area is 91.6 Å². The Bertz CT molecular complexity index is 385. The molecule has 0 aromatic carbocycles. The van der Waals surface area contributed by atoms with Crippen molar-refractivity contribution in [2.24, 2.45) is 0 Å². The Balaban J connectivity index is 2.29. The van der Waals surface area contributed by atoms with Crippen molar-refractivity contribution < 1.29 is 9.90 Å². The van der Waals surface area contributed by atoms with E-state index in [1.807, 2.05) is 45.9 Å². The van der Waals surface area contributed by atoms with Crippen molar-refractivity contribution in [3.05, 3.63) is 46.9 Å². The maximum absolute atomic E-state index is 10.8. The summed E-state index contributed by atoms with van der Waals surface area (Å²) in [6.45, 7) is 0. The third-order valence-corrected chi connectivity index (χ3v) is 2.98. The molecule has 2 aromatic heterocycles. The molecule has 0 bridgehead atoms. The van der Waals surface area contributed by atoms with Crippen LogP contribution in [0, 0.1) is 0 Å². The summed E-state index contributed by atoms with van der Waals surface area (Å²) in [5.74, 6) is -0.778. The number of hydrogen-bond acceptors (Lipinski definition) is 2. The van der Waals surface area contributed by atoms with Crippen LogP contribution in [-0.2, 0) is 4.79 Å². The summed E-state index contributed by atoms with van der Waals surface area (Å²) in [6.07, 6.45) is 3.90. The first-order valence-electron chi connectivity index (χ1n) is 4.63. The third kappa shape index (κ3) is 2.27. The van der Waals surface area contributed by atoms with E-state index in [4.69, 9.17) is 5.11 Å². The van der Waals surface area contributed by atoms with Crippen molar-refractivity contribution in [2.75, 3.05) is 0 Å². The lowest BCUT2D eigenvalue weighted by Crippen LogP contribution is -2.12. The summed E-state index contributed by atoms with van der Waals surface area (Å²) in [4.78, 5) is 10.8. The van der Waals surface area contributed by atoms with E-state index in [-0.39, 0.29) is 12.5 Å². The second-order valence-corrected chi connectivity index (χ2v) is 4.08. The van der Waals surface area contributed by atoms with Crippen LogP contribution in [0.15, 0.2) is 41.4 Å². The predicted molar refractivity (Wildman–Crippen MR) is 59.1 cm³/mol. The van der Waals surface area contributed by atoms with E-state index in [1.54, 1.807) is 11.3 Å². The zero-order valence-electron chi connectivity index (χ0n) is 8.04. The molecule has 0 fully saturated rings. The maximum atomic E-state index is 10.8. The fourth-order valence-corrected chi connectivity index (χ4v) is 2.29. The summed E-state index contributed by atoms with van der Waals surface area (Å²) >= 11 is 1.59. The zero-order valence-corrected chi connectivity index (χ0v) is 8.85. The lowest BCUT2D eigenvalue weighted by molar-refractivity contribution is -0.137. The van der Waals surface area contributed by atoms with Crippen molar-refractivity contribution >= 4 is 17.3 Å². The van der Waals surface area contributed by atoms with Crippen LogP contribution in [0.5, 0.6) is 0 Å². The smallest absolute Gasteiger partial charge is 0.305 e. The van der Waals surface area contributed by atoms with Crippen molar-refractivity contribution in [3.8, 4) is 0 Å². The number of rotatable bonds is 4. The van der Waals surface area contributed by atoms with Gasteiger partial charge in [-0.2, -0.15) is 11.3 Å². The Morgan fingerprint density at radius 3 is 2.73 bits per heavy atom. The highest BCUT2D eigenvalue weighted by Gasteiger charge is 2.16. The van der Waals surface area contributed by atoms with Crippen molar-refractivity contribution in [1.82, 2.24) is 4.57 Å². The number of aromatic nitrogens is 1. The normalized spacial score (nSPS) is 12.5. The highest BCUT2D eigenvalue weighted by molar-refractivity contribution is 7.07. The summed E-state index contributed by atoms with van der Waals surface area (Å²) in [5.41, 5.74) is 1.05. The van der Waals surface area contributed by atoms with Gasteiger partial charge in [-0.05, 0) is 34.5 Å². The molecular weight excluding hydrogens is 210 g/mol. The van der Waals surface area contributed by atoms with Crippen LogP contribution in [0.2, 0.25) is 0 Å². The number of aliphatic carboxylic acids is 1. The van der Waals surface area contributed by atoms with Gasteiger partial charge in [0.15, 0.2) is 0 Å². The van der Waals surface area contributed by atoms with E-state index in [0.717, 1.165) is 5.56 Å². The maximum Gasteiger partial charge on any atom is 0.305 e. The molecule has 0 saturated heterocycles. The Morgan fingerprint density at radius 1 is 1.47 bits per heavy atom. The van der Waals surface area contributed by atoms with E-state index < -0.39 is 5.97 Å². The molecule has 0 spiro atoms. The Morgan fingerprint density at radius 2 is 2.20 bits per heavy atom. The van der Waals surface area contributed by atoms with E-state index >= 15 is 0 Å². The van der Waals surface area contributed by atoms with Gasteiger partial charge < -0.3 is 9.67 Å². The topological polar surface area (TPSA) is 42.2 Å². The number of thiophene rings is 1. The molecule has 0 aliphatic carbocycles. The third-order valence-electron chi connectivity index (χ3n) is 2.28. The Kier molecular flexibility index (Phi) is 2.87. The summed E-state index contributed by atoms with van der Waals surface area (Å²) in [5, 5.41) is 12.8. The second kappa shape index (κ2) is 4.31. The molecule has 2 heterocycles. The molecule has 4 heteroatoms. The SMILES string of the molecule is O=C(O)CC(c1ccsc1)n1cccc1. The van der Waals surface area contributed by atoms with Crippen LogP contribution < -0.4 is 0 Å². The summed E-state index contributed by atoms with van der Waals surface area (Å²) in [6, 6.07) is 5.68. The van der Waals surface area contributed by atoms with Crippen LogP contribution in [-0.4, -0.2) is 15.6 Å².